The van der Waals surface area contributed by atoms with Crippen LogP contribution in [0.2, 0.25) is 0 Å². The third-order valence-electron chi connectivity index (χ3n) is 16.4. The first-order valence-electron chi connectivity index (χ1n) is 36.2. The van der Waals surface area contributed by atoms with E-state index in [1.54, 1.807) is 0 Å². The van der Waals surface area contributed by atoms with E-state index in [4.69, 9.17) is 37.0 Å². The molecule has 0 amide bonds. The summed E-state index contributed by atoms with van der Waals surface area (Å²) < 4.78 is 68.2. The maximum Gasteiger partial charge on any atom is 0.472 e. The van der Waals surface area contributed by atoms with Crippen molar-refractivity contribution in [3.05, 3.63) is 0 Å². The van der Waals surface area contributed by atoms with E-state index in [-0.39, 0.29) is 25.7 Å². The van der Waals surface area contributed by atoms with Crippen LogP contribution >= 0.6 is 15.6 Å². The lowest BCUT2D eigenvalue weighted by Crippen LogP contribution is -2.30. The Balaban J connectivity index is 5.24. The first kappa shape index (κ1) is 87.1. The monoisotopic (exact) mass is 1310 g/mol. The lowest BCUT2D eigenvalue weighted by Gasteiger charge is -2.21. The summed E-state index contributed by atoms with van der Waals surface area (Å²) in [6.45, 7) is 14.0. The molecule has 0 heterocycles. The highest BCUT2D eigenvalue weighted by atomic mass is 31.2. The summed E-state index contributed by atoms with van der Waals surface area (Å²) >= 11 is 0. The third kappa shape index (κ3) is 63.2. The number of aliphatic hydroxyl groups excluding tert-OH is 1. The summed E-state index contributed by atoms with van der Waals surface area (Å²) in [4.78, 5) is 72.5. The van der Waals surface area contributed by atoms with Crippen LogP contribution in [0.1, 0.15) is 344 Å². The van der Waals surface area contributed by atoms with Gasteiger partial charge in [-0.15, -0.1) is 0 Å². The summed E-state index contributed by atoms with van der Waals surface area (Å²) in [6.07, 6.45) is 41.9. The molecule has 0 aliphatic carbocycles. The zero-order chi connectivity index (χ0) is 66.1. The van der Waals surface area contributed by atoms with Gasteiger partial charge in [0, 0.05) is 25.7 Å². The van der Waals surface area contributed by atoms with Gasteiger partial charge in [0.05, 0.1) is 26.4 Å². The summed E-state index contributed by atoms with van der Waals surface area (Å²) in [5, 5.41) is 10.6. The SMILES string of the molecule is CCC(C)CCCCCCCCCCCCC(=O)O[C@H](COC(=O)CCCCCCCCCCCCCCCC(C)C)COP(=O)(O)OC[C@@H](O)COP(=O)(O)OC[C@@H](COC(=O)CCCCCCCCC(C)C)OC(=O)CCCCCCCCCC(C)C. The van der Waals surface area contributed by atoms with Gasteiger partial charge in [0.25, 0.3) is 0 Å². The number of hydrogen-bond donors (Lipinski definition) is 3. The number of carbonyl (C=O) groups is 4. The number of hydrogen-bond acceptors (Lipinski definition) is 15. The maximum atomic E-state index is 13.0. The smallest absolute Gasteiger partial charge is 0.462 e. The molecule has 0 aromatic carbocycles. The largest absolute Gasteiger partial charge is 0.472 e. The second-order valence-corrected chi connectivity index (χ2v) is 29.8. The molecule has 0 saturated carbocycles. The topological polar surface area (TPSA) is 237 Å². The van der Waals surface area contributed by atoms with Gasteiger partial charge in [0.2, 0.25) is 0 Å². The number of ether oxygens (including phenoxy) is 4. The number of phosphoric ester groups is 2. The van der Waals surface area contributed by atoms with Crippen molar-refractivity contribution < 1.29 is 80.2 Å². The lowest BCUT2D eigenvalue weighted by atomic mass is 9.99. The number of esters is 4. The van der Waals surface area contributed by atoms with Gasteiger partial charge in [-0.05, 0) is 49.4 Å². The van der Waals surface area contributed by atoms with Gasteiger partial charge >= 0.3 is 39.5 Å². The van der Waals surface area contributed by atoms with Crippen molar-refractivity contribution in [3.8, 4) is 0 Å². The van der Waals surface area contributed by atoms with Crippen LogP contribution in [0, 0.1) is 23.7 Å². The van der Waals surface area contributed by atoms with Crippen LogP contribution in [0.15, 0.2) is 0 Å². The van der Waals surface area contributed by atoms with Crippen molar-refractivity contribution in [2.45, 2.75) is 363 Å². The van der Waals surface area contributed by atoms with E-state index >= 15 is 0 Å². The van der Waals surface area contributed by atoms with E-state index in [0.717, 1.165) is 108 Å². The Morgan fingerprint density at radius 2 is 0.539 bits per heavy atom. The predicted molar refractivity (Wildman–Crippen MR) is 358 cm³/mol. The summed E-state index contributed by atoms with van der Waals surface area (Å²) in [7, 11) is -9.90. The van der Waals surface area contributed by atoms with Crippen molar-refractivity contribution in [3.63, 3.8) is 0 Å². The fourth-order valence-electron chi connectivity index (χ4n) is 10.5. The highest BCUT2D eigenvalue weighted by Crippen LogP contribution is 2.45. The molecular weight excluding hydrogens is 1170 g/mol. The number of phosphoric acid groups is 2. The molecule has 3 N–H and O–H groups in total. The van der Waals surface area contributed by atoms with Crippen LogP contribution < -0.4 is 0 Å². The molecular formula is C70H136O17P2. The molecule has 0 spiro atoms. The van der Waals surface area contributed by atoms with Crippen LogP contribution in [0.4, 0.5) is 0 Å². The molecule has 17 nitrogen and oxygen atoms in total. The Kier molecular flexibility index (Phi) is 58.5. The zero-order valence-corrected chi connectivity index (χ0v) is 59.8. The first-order chi connectivity index (χ1) is 42.6. The van der Waals surface area contributed by atoms with Crippen molar-refractivity contribution in [1.29, 1.82) is 0 Å². The normalized spacial score (nSPS) is 14.6. The lowest BCUT2D eigenvalue weighted by molar-refractivity contribution is -0.161. The van der Waals surface area contributed by atoms with Crippen molar-refractivity contribution >= 4 is 39.5 Å². The highest BCUT2D eigenvalue weighted by Gasteiger charge is 2.30. The second-order valence-electron chi connectivity index (χ2n) is 26.9. The minimum absolute atomic E-state index is 0.102. The summed E-state index contributed by atoms with van der Waals surface area (Å²) in [5.41, 5.74) is 0. The Morgan fingerprint density at radius 1 is 0.315 bits per heavy atom. The van der Waals surface area contributed by atoms with Gasteiger partial charge in [-0.1, -0.05) is 293 Å². The Hall–Kier alpha value is -1.94. The molecule has 0 aromatic heterocycles. The zero-order valence-electron chi connectivity index (χ0n) is 58.1. The number of carbonyl (C=O) groups excluding carboxylic acids is 4. The number of rotatable bonds is 67. The second kappa shape index (κ2) is 59.8. The van der Waals surface area contributed by atoms with Gasteiger partial charge in [-0.2, -0.15) is 0 Å². The molecule has 3 unspecified atom stereocenters. The molecule has 528 valence electrons. The first-order valence-corrected chi connectivity index (χ1v) is 39.2. The van der Waals surface area contributed by atoms with Crippen molar-refractivity contribution in [2.75, 3.05) is 39.6 Å². The molecule has 89 heavy (non-hydrogen) atoms. The van der Waals surface area contributed by atoms with E-state index < -0.39 is 97.5 Å². The van der Waals surface area contributed by atoms with Gasteiger partial charge in [-0.3, -0.25) is 37.3 Å². The minimum Gasteiger partial charge on any atom is -0.462 e. The molecule has 19 heteroatoms. The molecule has 0 saturated heterocycles. The molecule has 0 fully saturated rings. The quantitative estimate of drug-likeness (QED) is 0.0222. The van der Waals surface area contributed by atoms with Crippen LogP contribution in [0.3, 0.4) is 0 Å². The predicted octanol–water partition coefficient (Wildman–Crippen LogP) is 19.7. The van der Waals surface area contributed by atoms with E-state index in [1.807, 2.05) is 0 Å². The molecule has 0 aliphatic rings. The number of aliphatic hydroxyl groups is 1. The fraction of sp³-hybridized carbons (Fsp3) is 0.943. The maximum absolute atomic E-state index is 13.0. The van der Waals surface area contributed by atoms with Crippen LogP contribution in [-0.4, -0.2) is 96.7 Å². The molecule has 6 atom stereocenters. The summed E-state index contributed by atoms with van der Waals surface area (Å²) in [6, 6.07) is 0. The van der Waals surface area contributed by atoms with E-state index in [0.29, 0.717) is 37.5 Å². The van der Waals surface area contributed by atoms with Crippen molar-refractivity contribution in [1.82, 2.24) is 0 Å². The van der Waals surface area contributed by atoms with Crippen LogP contribution in [0.25, 0.3) is 0 Å². The Morgan fingerprint density at radius 3 is 0.798 bits per heavy atom. The average Bonchev–Trinajstić information content (AvgIpc) is 3.56. The van der Waals surface area contributed by atoms with Gasteiger partial charge in [0.15, 0.2) is 12.2 Å². The van der Waals surface area contributed by atoms with Gasteiger partial charge in [0.1, 0.15) is 19.3 Å². The summed E-state index contributed by atoms with van der Waals surface area (Å²) in [5.74, 6) is 0.836. The van der Waals surface area contributed by atoms with Crippen LogP contribution in [-0.2, 0) is 65.4 Å². The molecule has 0 radical (unpaired) electrons. The Bertz CT molecular complexity index is 1770. The van der Waals surface area contributed by atoms with Crippen molar-refractivity contribution in [2.24, 2.45) is 23.7 Å². The standard InChI is InChI=1S/C70H136O17P2/c1-9-63(8)49-41-33-24-18-15-16-20-26-36-44-52-69(74)86-65(56-80-67(72)50-42-34-25-19-14-12-10-11-13-17-22-30-38-46-60(2)3)58-84-88(76,77)82-54-64(71)55-83-89(78,79)85-59-66(57-81-68(73)51-43-35-29-28-32-40-48-62(6)7)87-70(75)53-45-37-27-21-23-31-39-47-61(4)5/h60-66,71H,9-59H2,1-8H3,(H,76,77)(H,78,79)/t63?,64-,65-,66-/m1/s1. The van der Waals surface area contributed by atoms with E-state index in [2.05, 4.69) is 55.4 Å². The van der Waals surface area contributed by atoms with E-state index in [1.165, 1.54) is 141 Å². The number of unbranched alkanes of at least 4 members (excludes halogenated alkanes) is 32. The minimum atomic E-state index is -4.95. The van der Waals surface area contributed by atoms with Crippen LogP contribution in [0.5, 0.6) is 0 Å². The Labute approximate surface area is 543 Å². The highest BCUT2D eigenvalue weighted by molar-refractivity contribution is 7.47. The van der Waals surface area contributed by atoms with Gasteiger partial charge < -0.3 is 33.8 Å². The van der Waals surface area contributed by atoms with E-state index in [9.17, 15) is 43.2 Å². The molecule has 0 aliphatic heterocycles. The average molecular weight is 1310 g/mol. The fourth-order valence-corrected chi connectivity index (χ4v) is 12.0. The van der Waals surface area contributed by atoms with Gasteiger partial charge in [-0.25, -0.2) is 9.13 Å². The molecule has 0 aromatic rings. The third-order valence-corrected chi connectivity index (χ3v) is 18.3. The molecule has 0 bridgehead atoms. The molecule has 0 rings (SSSR count).